The van der Waals surface area contributed by atoms with Crippen LogP contribution in [0.2, 0.25) is 0 Å². The van der Waals surface area contributed by atoms with Gasteiger partial charge in [-0.25, -0.2) is 0 Å². The van der Waals surface area contributed by atoms with Crippen LogP contribution in [0.25, 0.3) is 65.8 Å². The maximum absolute atomic E-state index is 4.49. The van der Waals surface area contributed by atoms with Gasteiger partial charge in [0.2, 0.25) is 0 Å². The first-order valence-electron chi connectivity index (χ1n) is 16.9. The van der Waals surface area contributed by atoms with E-state index >= 15 is 0 Å². The summed E-state index contributed by atoms with van der Waals surface area (Å²) < 4.78 is 0. The quantitative estimate of drug-likeness (QED) is 0.106. The Morgan fingerprint density at radius 2 is 1.08 bits per heavy atom. The van der Waals surface area contributed by atoms with Gasteiger partial charge in [0.05, 0.1) is 5.69 Å². The van der Waals surface area contributed by atoms with Gasteiger partial charge in [0.1, 0.15) is 0 Å². The van der Waals surface area contributed by atoms with Gasteiger partial charge in [-0.05, 0) is 104 Å². The van der Waals surface area contributed by atoms with Crippen LogP contribution < -0.4 is 0 Å². The lowest BCUT2D eigenvalue weighted by atomic mass is 9.87. The van der Waals surface area contributed by atoms with E-state index in [1.165, 1.54) is 54.6 Å². The molecule has 0 unspecified atom stereocenters. The molecule has 0 saturated carbocycles. The molecule has 0 bridgehead atoms. The lowest BCUT2D eigenvalue weighted by molar-refractivity contribution is 1.33. The van der Waals surface area contributed by atoms with Gasteiger partial charge >= 0.3 is 0 Å². The van der Waals surface area contributed by atoms with E-state index in [4.69, 9.17) is 0 Å². The minimum atomic E-state index is 0.994. The van der Waals surface area contributed by atoms with Crippen molar-refractivity contribution >= 4 is 38.5 Å². The number of rotatable bonds is 5. The zero-order valence-corrected chi connectivity index (χ0v) is 29.2. The Labute approximate surface area is 295 Å². The van der Waals surface area contributed by atoms with Crippen molar-refractivity contribution in [3.8, 4) is 33.5 Å². The van der Waals surface area contributed by atoms with Crippen LogP contribution >= 0.6 is 0 Å². The predicted octanol–water partition coefficient (Wildman–Crippen LogP) is 12.3. The molecule has 0 aliphatic rings. The van der Waals surface area contributed by atoms with Gasteiger partial charge in [0.15, 0.2) is 0 Å². The summed E-state index contributed by atoms with van der Waals surface area (Å²) in [7, 11) is 1.74. The van der Waals surface area contributed by atoms with E-state index in [9.17, 15) is 0 Å². The number of hydrogen-bond donors (Lipinski definition) is 0. The Balaban J connectivity index is 0.000000254. The van der Waals surface area contributed by atoms with Crippen LogP contribution in [0.5, 0.6) is 0 Å². The molecular formula is C46H42N4. The lowest BCUT2D eigenvalue weighted by Crippen LogP contribution is -1.89. The van der Waals surface area contributed by atoms with Crippen LogP contribution in [0.3, 0.4) is 0 Å². The summed E-state index contributed by atoms with van der Waals surface area (Å²) in [6, 6.07) is 42.7. The number of hydrogen-bond acceptors (Lipinski definition) is 4. The maximum atomic E-state index is 4.49. The van der Waals surface area contributed by atoms with Crippen molar-refractivity contribution in [2.75, 3.05) is 7.05 Å². The molecule has 0 aliphatic heterocycles. The molecule has 0 radical (unpaired) electrons. The van der Waals surface area contributed by atoms with E-state index in [0.29, 0.717) is 0 Å². The predicted molar refractivity (Wildman–Crippen MR) is 216 cm³/mol. The second-order valence-electron chi connectivity index (χ2n) is 11.2. The minimum absolute atomic E-state index is 0.994. The highest BCUT2D eigenvalue weighted by molar-refractivity contribution is 6.27. The molecule has 50 heavy (non-hydrogen) atoms. The molecule has 0 spiro atoms. The third-order valence-electron chi connectivity index (χ3n) is 8.19. The van der Waals surface area contributed by atoms with E-state index in [0.717, 1.165) is 16.8 Å². The van der Waals surface area contributed by atoms with Crippen LogP contribution in [-0.4, -0.2) is 28.2 Å². The lowest BCUT2D eigenvalue weighted by Gasteiger charge is -2.16. The van der Waals surface area contributed by atoms with Crippen LogP contribution in [0.15, 0.2) is 182 Å². The van der Waals surface area contributed by atoms with Crippen LogP contribution in [-0.2, 0) is 0 Å². The molecule has 4 heteroatoms. The Morgan fingerprint density at radius 3 is 1.56 bits per heavy atom. The van der Waals surface area contributed by atoms with Crippen molar-refractivity contribution in [2.45, 2.75) is 20.8 Å². The SMILES string of the molecule is C=C/C(C)=C\C=NC.CC.c1ccc(-c2ccc(-c3ccc4ccc5c(-c6ccncc6)ccc6ccc3c4c65)cc2)nc1.c1ccncc1. The average Bonchev–Trinajstić information content (AvgIpc) is 3.21. The van der Waals surface area contributed by atoms with Gasteiger partial charge < -0.3 is 0 Å². The maximum Gasteiger partial charge on any atom is 0.0701 e. The Morgan fingerprint density at radius 1 is 0.560 bits per heavy atom. The summed E-state index contributed by atoms with van der Waals surface area (Å²) in [5.74, 6) is 0. The standard InChI is InChI=1S/C32H20N2.C7H11N.C5H5N.C2H6/c1-2-18-34-30(3-1)23-6-4-21(5-7-23)26-12-8-24-11-15-29-27(22-16-19-33-20-17-22)13-9-25-10-14-28(26)31(24)32(25)29;1-4-7(2)5-6-8-3;1-2-4-6-5-3-1;1-2/h1-20H;4-6H,1H2,2-3H3;1-5H;1-2H3/b;7-5-,8-6?;;. The molecule has 0 saturated heterocycles. The topological polar surface area (TPSA) is 51.0 Å². The fourth-order valence-corrected chi connectivity index (χ4v) is 5.76. The normalized spacial score (nSPS) is 10.9. The van der Waals surface area contributed by atoms with Gasteiger partial charge in [-0.15, -0.1) is 0 Å². The Hall–Kier alpha value is -6.26. The molecule has 0 atom stereocenters. The second-order valence-corrected chi connectivity index (χ2v) is 11.2. The molecule has 246 valence electrons. The number of aromatic nitrogens is 3. The molecule has 3 heterocycles. The highest BCUT2D eigenvalue weighted by Crippen LogP contribution is 2.42. The molecule has 0 N–H and O–H groups in total. The van der Waals surface area contributed by atoms with Gasteiger partial charge in [-0.2, -0.15) is 0 Å². The first kappa shape index (κ1) is 35.1. The van der Waals surface area contributed by atoms with Crippen molar-refractivity contribution in [1.82, 2.24) is 15.0 Å². The van der Waals surface area contributed by atoms with Crippen LogP contribution in [0.4, 0.5) is 0 Å². The van der Waals surface area contributed by atoms with E-state index in [1.54, 1.807) is 31.7 Å². The Kier molecular flexibility index (Phi) is 12.5. The fraction of sp³-hybridized carbons (Fsp3) is 0.0870. The van der Waals surface area contributed by atoms with Crippen molar-refractivity contribution in [1.29, 1.82) is 0 Å². The van der Waals surface area contributed by atoms with Crippen molar-refractivity contribution in [3.05, 3.63) is 177 Å². The monoisotopic (exact) mass is 650 g/mol. The first-order chi connectivity index (χ1) is 24.7. The van der Waals surface area contributed by atoms with Crippen LogP contribution in [0.1, 0.15) is 20.8 Å². The summed E-state index contributed by atoms with van der Waals surface area (Å²) in [6.07, 6.45) is 14.5. The highest BCUT2D eigenvalue weighted by Gasteiger charge is 2.14. The summed E-state index contributed by atoms with van der Waals surface area (Å²) in [6.45, 7) is 9.56. The smallest absolute Gasteiger partial charge is 0.0701 e. The highest BCUT2D eigenvalue weighted by atomic mass is 14.7. The van der Waals surface area contributed by atoms with E-state index in [2.05, 4.69) is 111 Å². The van der Waals surface area contributed by atoms with Gasteiger partial charge in [0.25, 0.3) is 0 Å². The molecule has 0 fully saturated rings. The van der Waals surface area contributed by atoms with Gasteiger partial charge in [-0.1, -0.05) is 117 Å². The van der Waals surface area contributed by atoms with Crippen molar-refractivity contribution < 1.29 is 0 Å². The van der Waals surface area contributed by atoms with Gasteiger partial charge in [0, 0.05) is 49.8 Å². The van der Waals surface area contributed by atoms with E-state index in [-0.39, 0.29) is 0 Å². The molecular weight excluding hydrogens is 609 g/mol. The summed E-state index contributed by atoms with van der Waals surface area (Å²) in [5, 5.41) is 7.77. The first-order valence-corrected chi connectivity index (χ1v) is 16.9. The molecule has 8 aromatic rings. The largest absolute Gasteiger partial charge is 0.297 e. The van der Waals surface area contributed by atoms with Gasteiger partial charge in [-0.3, -0.25) is 19.9 Å². The number of allylic oxidation sites excluding steroid dienone is 3. The van der Waals surface area contributed by atoms with E-state index in [1.807, 2.05) is 81.8 Å². The summed E-state index contributed by atoms with van der Waals surface area (Å²) >= 11 is 0. The molecule has 5 aromatic carbocycles. The average molecular weight is 651 g/mol. The summed E-state index contributed by atoms with van der Waals surface area (Å²) in [4.78, 5) is 16.2. The Bertz CT molecular complexity index is 2270. The van der Waals surface area contributed by atoms with E-state index < -0.39 is 0 Å². The second kappa shape index (κ2) is 17.8. The number of nitrogens with zero attached hydrogens (tertiary/aromatic N) is 4. The molecule has 4 nitrogen and oxygen atoms in total. The van der Waals surface area contributed by atoms with Crippen molar-refractivity contribution in [3.63, 3.8) is 0 Å². The van der Waals surface area contributed by atoms with Crippen LogP contribution in [0, 0.1) is 0 Å². The summed E-state index contributed by atoms with van der Waals surface area (Å²) in [5.41, 5.74) is 8.16. The number of pyridine rings is 3. The fourth-order valence-electron chi connectivity index (χ4n) is 5.76. The third kappa shape index (κ3) is 8.23. The molecule has 8 rings (SSSR count). The zero-order valence-electron chi connectivity index (χ0n) is 29.2. The molecule has 3 aromatic heterocycles. The number of aliphatic imine (C=N–C) groups is 1. The third-order valence-corrected chi connectivity index (χ3v) is 8.19. The van der Waals surface area contributed by atoms with Crippen molar-refractivity contribution in [2.24, 2.45) is 4.99 Å². The zero-order chi connectivity index (χ0) is 35.1. The molecule has 0 amide bonds. The minimum Gasteiger partial charge on any atom is -0.297 e. The number of benzene rings is 5. The molecule has 0 aliphatic carbocycles.